The summed E-state index contributed by atoms with van der Waals surface area (Å²) in [6.45, 7) is 0.0807. The molecule has 126 valence electrons. The van der Waals surface area contributed by atoms with Gasteiger partial charge in [-0.2, -0.15) is 5.10 Å². The molecule has 0 spiro atoms. The van der Waals surface area contributed by atoms with Gasteiger partial charge in [-0.1, -0.05) is 22.0 Å². The van der Waals surface area contributed by atoms with Crippen molar-refractivity contribution in [2.45, 2.75) is 12.8 Å². The van der Waals surface area contributed by atoms with Crippen LogP contribution in [0.5, 0.6) is 0 Å². The zero-order valence-electron chi connectivity index (χ0n) is 12.2. The second-order valence-corrected chi connectivity index (χ2v) is 5.69. The first-order chi connectivity index (χ1) is 10.3. The zero-order valence-corrected chi connectivity index (χ0v) is 14.6. The molecule has 0 radical (unpaired) electrons. The van der Waals surface area contributed by atoms with Gasteiger partial charge in [-0.3, -0.25) is 4.79 Å². The van der Waals surface area contributed by atoms with Crippen LogP contribution in [0.3, 0.4) is 0 Å². The van der Waals surface area contributed by atoms with E-state index in [0.717, 1.165) is 10.2 Å². The molecule has 5 nitrogen and oxygen atoms in total. The van der Waals surface area contributed by atoms with Crippen molar-refractivity contribution in [3.63, 3.8) is 0 Å². The highest BCUT2D eigenvalue weighted by atomic mass is 79.9. The van der Waals surface area contributed by atoms with E-state index < -0.39 is 24.9 Å². The van der Waals surface area contributed by atoms with Crippen LogP contribution in [0.25, 0.3) is 5.69 Å². The molecule has 2 aromatic rings. The lowest BCUT2D eigenvalue weighted by molar-refractivity contribution is 0.0118. The maximum Gasteiger partial charge on any atom is 0.277 e. The van der Waals surface area contributed by atoms with Crippen LogP contribution in [0.15, 0.2) is 34.9 Å². The summed E-state index contributed by atoms with van der Waals surface area (Å²) in [6.07, 6.45) is 1.35. The van der Waals surface area contributed by atoms with Gasteiger partial charge in [-0.15, -0.1) is 12.4 Å². The summed E-state index contributed by atoms with van der Waals surface area (Å²) in [4.78, 5) is 12.0. The molecule has 2 rings (SSSR count). The normalized spacial score (nSPS) is 11.0. The Morgan fingerprint density at radius 2 is 2.17 bits per heavy atom. The molecule has 0 saturated heterocycles. The monoisotopic (exact) mass is 408 g/mol. The first-order valence-corrected chi connectivity index (χ1v) is 7.30. The number of amides is 1. The average Bonchev–Trinajstić information content (AvgIpc) is 2.87. The molecule has 0 aliphatic rings. The Balaban J connectivity index is 0.00000264. The molecule has 1 heterocycles. The summed E-state index contributed by atoms with van der Waals surface area (Å²) in [6, 6.07) is 7.37. The summed E-state index contributed by atoms with van der Waals surface area (Å²) < 4.78 is 28.6. The van der Waals surface area contributed by atoms with Gasteiger partial charge in [0.05, 0.1) is 36.2 Å². The third-order valence-corrected chi connectivity index (χ3v) is 3.61. The fourth-order valence-corrected chi connectivity index (χ4v) is 2.26. The van der Waals surface area contributed by atoms with Gasteiger partial charge in [-0.25, -0.2) is 13.5 Å². The number of nitrogens with zero attached hydrogens (tertiary/aromatic N) is 2. The van der Waals surface area contributed by atoms with Gasteiger partial charge in [0.1, 0.15) is 0 Å². The number of halogens is 4. The fraction of sp³-hybridized carbons (Fsp3) is 0.286. The van der Waals surface area contributed by atoms with E-state index in [4.69, 9.17) is 5.73 Å². The molecule has 9 heteroatoms. The molecular formula is C14H16BrClF2N4O. The second-order valence-electron chi connectivity index (χ2n) is 4.78. The first-order valence-electron chi connectivity index (χ1n) is 6.51. The minimum absolute atomic E-state index is 0. The molecule has 0 aliphatic heterocycles. The smallest absolute Gasteiger partial charge is 0.277 e. The number of rotatable bonds is 5. The summed E-state index contributed by atoms with van der Waals surface area (Å²) >= 11 is 3.36. The molecule has 0 atom stereocenters. The highest BCUT2D eigenvalue weighted by Gasteiger charge is 2.28. The van der Waals surface area contributed by atoms with E-state index in [0.29, 0.717) is 5.69 Å². The standard InChI is InChI=1S/C14H15BrF2N4O.ClH/c1-9-12(13(22)19-8-14(16,17)7-18)6-20-21(9)11-4-2-3-10(15)5-11;/h2-6H,7-8,18H2,1H3,(H,19,22);1H. The summed E-state index contributed by atoms with van der Waals surface area (Å²) in [7, 11) is 0. The third kappa shape index (κ3) is 4.73. The van der Waals surface area contributed by atoms with E-state index in [9.17, 15) is 13.6 Å². The second kappa shape index (κ2) is 7.85. The summed E-state index contributed by atoms with van der Waals surface area (Å²) in [5.74, 6) is -3.73. The van der Waals surface area contributed by atoms with Crippen LogP contribution in [0.1, 0.15) is 16.1 Å². The number of carbonyl (C=O) groups is 1. The van der Waals surface area contributed by atoms with E-state index >= 15 is 0 Å². The Labute approximate surface area is 146 Å². The molecular weight excluding hydrogens is 394 g/mol. The number of alkyl halides is 2. The quantitative estimate of drug-likeness (QED) is 0.797. The number of nitrogens with two attached hydrogens (primary N) is 1. The number of hydrogen-bond acceptors (Lipinski definition) is 3. The van der Waals surface area contributed by atoms with E-state index in [1.807, 2.05) is 24.3 Å². The molecule has 23 heavy (non-hydrogen) atoms. The van der Waals surface area contributed by atoms with Gasteiger partial charge in [0.15, 0.2) is 0 Å². The molecule has 3 N–H and O–H groups in total. The lowest BCUT2D eigenvalue weighted by Crippen LogP contribution is -2.41. The fourth-order valence-electron chi connectivity index (χ4n) is 1.88. The largest absolute Gasteiger partial charge is 0.346 e. The van der Waals surface area contributed by atoms with Crippen LogP contribution in [0, 0.1) is 6.92 Å². The SMILES string of the molecule is Cc1c(C(=O)NCC(F)(F)CN)cnn1-c1cccc(Br)c1.Cl. The van der Waals surface area contributed by atoms with Gasteiger partial charge in [0, 0.05) is 4.47 Å². The van der Waals surface area contributed by atoms with Crippen molar-refractivity contribution in [1.29, 1.82) is 0 Å². The predicted octanol–water partition coefficient (Wildman–Crippen LogP) is 2.69. The number of nitrogens with one attached hydrogen (secondary N) is 1. The lowest BCUT2D eigenvalue weighted by Gasteiger charge is -2.14. The minimum Gasteiger partial charge on any atom is -0.346 e. The molecule has 0 bridgehead atoms. The van der Waals surface area contributed by atoms with E-state index in [1.54, 1.807) is 11.6 Å². The van der Waals surface area contributed by atoms with E-state index in [-0.39, 0.29) is 18.0 Å². The Morgan fingerprint density at radius 3 is 2.78 bits per heavy atom. The van der Waals surface area contributed by atoms with Crippen LogP contribution in [-0.2, 0) is 0 Å². The minimum atomic E-state index is -3.12. The summed E-state index contributed by atoms with van der Waals surface area (Å²) in [5, 5.41) is 6.31. The molecule has 1 aromatic carbocycles. The first kappa shape index (κ1) is 19.5. The molecule has 0 unspecified atom stereocenters. The predicted molar refractivity (Wildman–Crippen MR) is 89.6 cm³/mol. The number of carbonyl (C=O) groups excluding carboxylic acids is 1. The Kier molecular flexibility index (Phi) is 6.67. The van der Waals surface area contributed by atoms with Crippen molar-refractivity contribution in [1.82, 2.24) is 15.1 Å². The van der Waals surface area contributed by atoms with Crippen LogP contribution in [-0.4, -0.2) is 34.7 Å². The maximum absolute atomic E-state index is 13.1. The highest BCUT2D eigenvalue weighted by Crippen LogP contribution is 2.18. The van der Waals surface area contributed by atoms with Gasteiger partial charge >= 0.3 is 0 Å². The van der Waals surface area contributed by atoms with Crippen LogP contribution in [0.4, 0.5) is 8.78 Å². The third-order valence-electron chi connectivity index (χ3n) is 3.11. The van der Waals surface area contributed by atoms with Crippen LogP contribution < -0.4 is 11.1 Å². The molecule has 0 fully saturated rings. The Hall–Kier alpha value is -1.51. The van der Waals surface area contributed by atoms with E-state index in [1.165, 1.54) is 6.20 Å². The molecule has 1 amide bonds. The van der Waals surface area contributed by atoms with Crippen molar-refractivity contribution in [3.05, 3.63) is 46.2 Å². The van der Waals surface area contributed by atoms with E-state index in [2.05, 4.69) is 26.3 Å². The summed E-state index contributed by atoms with van der Waals surface area (Å²) in [5.41, 5.74) is 6.50. The molecule has 0 saturated carbocycles. The van der Waals surface area contributed by atoms with Crippen molar-refractivity contribution in [2.75, 3.05) is 13.1 Å². The van der Waals surface area contributed by atoms with Gasteiger partial charge in [0.2, 0.25) is 0 Å². The maximum atomic E-state index is 13.1. The number of benzene rings is 1. The van der Waals surface area contributed by atoms with Crippen molar-refractivity contribution in [3.8, 4) is 5.69 Å². The van der Waals surface area contributed by atoms with Crippen LogP contribution >= 0.6 is 28.3 Å². The number of aromatic nitrogens is 2. The molecule has 0 aliphatic carbocycles. The highest BCUT2D eigenvalue weighted by molar-refractivity contribution is 9.10. The Morgan fingerprint density at radius 1 is 1.48 bits per heavy atom. The molecule has 1 aromatic heterocycles. The number of hydrogen-bond donors (Lipinski definition) is 2. The van der Waals surface area contributed by atoms with Crippen molar-refractivity contribution in [2.24, 2.45) is 5.73 Å². The zero-order chi connectivity index (χ0) is 16.3. The van der Waals surface area contributed by atoms with Gasteiger partial charge in [-0.05, 0) is 25.1 Å². The topological polar surface area (TPSA) is 72.9 Å². The van der Waals surface area contributed by atoms with Crippen LogP contribution in [0.2, 0.25) is 0 Å². The van der Waals surface area contributed by atoms with Crippen molar-refractivity contribution < 1.29 is 13.6 Å². The van der Waals surface area contributed by atoms with Crippen molar-refractivity contribution >= 4 is 34.2 Å². The van der Waals surface area contributed by atoms with Gasteiger partial charge in [0.25, 0.3) is 11.8 Å². The lowest BCUT2D eigenvalue weighted by atomic mass is 10.2. The van der Waals surface area contributed by atoms with Gasteiger partial charge < -0.3 is 11.1 Å². The Bertz CT molecular complexity index is 693. The average molecular weight is 410 g/mol.